The Kier molecular flexibility index (Phi) is 5.97. The minimum atomic E-state index is -1.05. The fourth-order valence-electron chi connectivity index (χ4n) is 8.72. The predicted molar refractivity (Wildman–Crippen MR) is 121 cm³/mol. The summed E-state index contributed by atoms with van der Waals surface area (Å²) in [4.78, 5) is 0. The molecule has 0 aromatic carbocycles. The van der Waals surface area contributed by atoms with Crippen molar-refractivity contribution < 1.29 is 14.6 Å². The Morgan fingerprint density at radius 3 is 2.60 bits per heavy atom. The number of alkyl halides is 1. The second kappa shape index (κ2) is 7.87. The zero-order chi connectivity index (χ0) is 21.9. The van der Waals surface area contributed by atoms with E-state index in [1.807, 2.05) is 0 Å². The average molecular weight is 421 g/mol. The molecule has 0 radical (unpaired) electrons. The van der Waals surface area contributed by atoms with Gasteiger partial charge in [-0.1, -0.05) is 45.3 Å². The maximum absolute atomic E-state index is 13.9. The van der Waals surface area contributed by atoms with Gasteiger partial charge in [0.05, 0.1) is 12.2 Å². The van der Waals surface area contributed by atoms with Crippen molar-refractivity contribution in [3.63, 3.8) is 0 Å². The van der Waals surface area contributed by atoms with Gasteiger partial charge >= 0.3 is 0 Å². The lowest BCUT2D eigenvalue weighted by Gasteiger charge is -2.59. The zero-order valence-corrected chi connectivity index (χ0v) is 20.0. The molecule has 3 heteroatoms. The van der Waals surface area contributed by atoms with Crippen LogP contribution in [0.1, 0.15) is 98.8 Å². The summed E-state index contributed by atoms with van der Waals surface area (Å²) in [5, 5.41) is 21.3. The molecule has 3 fully saturated rings. The summed E-state index contributed by atoms with van der Waals surface area (Å²) < 4.78 is 13.9. The number of allylic oxidation sites excluding steroid dienone is 1. The molecule has 0 aliphatic heterocycles. The number of hydrogen-bond donors (Lipinski definition) is 2. The Morgan fingerprint density at radius 2 is 1.90 bits per heavy atom. The van der Waals surface area contributed by atoms with E-state index in [2.05, 4.69) is 26.8 Å². The van der Waals surface area contributed by atoms with Gasteiger partial charge in [-0.2, -0.15) is 0 Å². The number of aliphatic hydroxyl groups excluding tert-OH is 2. The van der Waals surface area contributed by atoms with Gasteiger partial charge < -0.3 is 10.2 Å². The van der Waals surface area contributed by atoms with E-state index in [-0.39, 0.29) is 11.5 Å². The first-order chi connectivity index (χ1) is 14.0. The van der Waals surface area contributed by atoms with Crippen LogP contribution in [0.3, 0.4) is 0 Å². The van der Waals surface area contributed by atoms with Gasteiger partial charge in [0.25, 0.3) is 0 Å². The molecule has 0 bridgehead atoms. The van der Waals surface area contributed by atoms with Crippen LogP contribution in [0.25, 0.3) is 0 Å². The molecular formula is C27H45FO2. The van der Waals surface area contributed by atoms with Gasteiger partial charge in [0.15, 0.2) is 0 Å². The lowest BCUT2D eigenvalue weighted by Crippen LogP contribution is -2.55. The molecule has 30 heavy (non-hydrogen) atoms. The lowest BCUT2D eigenvalue weighted by atomic mass is 9.46. The quantitative estimate of drug-likeness (QED) is 0.502. The second-order valence-corrected chi connectivity index (χ2v) is 12.6. The van der Waals surface area contributed by atoms with E-state index in [1.165, 1.54) is 31.3 Å². The van der Waals surface area contributed by atoms with E-state index in [1.54, 1.807) is 13.8 Å². The Morgan fingerprint density at radius 1 is 1.17 bits per heavy atom. The average Bonchev–Trinajstić information content (AvgIpc) is 2.99. The van der Waals surface area contributed by atoms with Crippen LogP contribution in [0.15, 0.2) is 11.6 Å². The molecule has 4 aliphatic carbocycles. The van der Waals surface area contributed by atoms with Gasteiger partial charge in [-0.15, -0.1) is 0 Å². The van der Waals surface area contributed by atoms with Gasteiger partial charge in [-0.3, -0.25) is 0 Å². The number of rotatable bonds is 5. The highest BCUT2D eigenvalue weighted by Crippen LogP contribution is 2.67. The molecule has 0 aromatic heterocycles. The molecule has 0 saturated heterocycles. The largest absolute Gasteiger partial charge is 0.393 e. The summed E-state index contributed by atoms with van der Waals surface area (Å²) in [6.07, 6.45) is 11.9. The van der Waals surface area contributed by atoms with Crippen LogP contribution in [-0.4, -0.2) is 28.1 Å². The van der Waals surface area contributed by atoms with Gasteiger partial charge in [0, 0.05) is 11.8 Å². The van der Waals surface area contributed by atoms with Crippen LogP contribution in [0.5, 0.6) is 0 Å². The van der Waals surface area contributed by atoms with E-state index in [0.717, 1.165) is 37.5 Å². The summed E-state index contributed by atoms with van der Waals surface area (Å²) in [6, 6.07) is 0. The summed E-state index contributed by atoms with van der Waals surface area (Å²) in [6.45, 7) is 10.7. The lowest BCUT2D eigenvalue weighted by molar-refractivity contribution is -0.108. The molecule has 172 valence electrons. The second-order valence-electron chi connectivity index (χ2n) is 12.6. The SMILES string of the molecule is C[C@H](CCCC(C)(C)F)[C@H]1CC[C@H]2[C@@H]3CC=C4C[C@@H](O)C[C@H](O)[C@]4(C)[C@H]3CC[C@]12C. The van der Waals surface area contributed by atoms with Crippen LogP contribution < -0.4 is 0 Å². The third kappa shape index (κ3) is 3.70. The van der Waals surface area contributed by atoms with E-state index in [4.69, 9.17) is 0 Å². The van der Waals surface area contributed by atoms with Crippen LogP contribution >= 0.6 is 0 Å². The van der Waals surface area contributed by atoms with E-state index in [0.29, 0.717) is 36.0 Å². The monoisotopic (exact) mass is 420 g/mol. The highest BCUT2D eigenvalue weighted by Gasteiger charge is 2.60. The molecule has 4 aliphatic rings. The van der Waals surface area contributed by atoms with Gasteiger partial charge in [0.1, 0.15) is 5.67 Å². The summed E-state index contributed by atoms with van der Waals surface area (Å²) in [5.41, 5.74) is 0.540. The van der Waals surface area contributed by atoms with E-state index >= 15 is 0 Å². The highest BCUT2D eigenvalue weighted by molar-refractivity contribution is 5.27. The molecule has 0 aromatic rings. The van der Waals surface area contributed by atoms with E-state index in [9.17, 15) is 14.6 Å². The molecule has 4 rings (SSSR count). The van der Waals surface area contributed by atoms with Crippen LogP contribution in [-0.2, 0) is 0 Å². The molecule has 9 atom stereocenters. The molecule has 3 saturated carbocycles. The van der Waals surface area contributed by atoms with Crippen molar-refractivity contribution >= 4 is 0 Å². The number of hydrogen-bond acceptors (Lipinski definition) is 2. The van der Waals surface area contributed by atoms with Crippen LogP contribution in [0, 0.1) is 40.4 Å². The Labute approximate surface area is 183 Å². The van der Waals surface area contributed by atoms with Crippen molar-refractivity contribution in [3.8, 4) is 0 Å². The molecular weight excluding hydrogens is 375 g/mol. The minimum Gasteiger partial charge on any atom is -0.393 e. The summed E-state index contributed by atoms with van der Waals surface area (Å²) >= 11 is 0. The standard InChI is InChI=1S/C27H45FO2/c1-17(7-6-13-25(2,3)28)21-10-11-22-20-9-8-18-15-19(29)16-24(30)27(18,5)23(20)12-14-26(21,22)4/h8,17,19-24,29-30H,6-7,9-16H2,1-5H3/t17-,19-,20+,21-,22+,23+,24+,26-,27+/m1/s1. The van der Waals surface area contributed by atoms with Gasteiger partial charge in [-0.25, -0.2) is 4.39 Å². The Balaban J connectivity index is 1.50. The maximum Gasteiger partial charge on any atom is 0.105 e. The molecule has 0 unspecified atom stereocenters. The number of aliphatic hydroxyl groups is 2. The van der Waals surface area contributed by atoms with Crippen molar-refractivity contribution in [1.29, 1.82) is 0 Å². The molecule has 2 nitrogen and oxygen atoms in total. The first-order valence-corrected chi connectivity index (χ1v) is 12.7. The Hall–Kier alpha value is -0.410. The van der Waals surface area contributed by atoms with Crippen molar-refractivity contribution in [2.75, 3.05) is 0 Å². The third-order valence-electron chi connectivity index (χ3n) is 10.4. The normalized spacial score (nSPS) is 47.1. The number of fused-ring (bicyclic) bond motifs is 5. The van der Waals surface area contributed by atoms with Crippen LogP contribution in [0.4, 0.5) is 4.39 Å². The minimum absolute atomic E-state index is 0.139. The summed E-state index contributed by atoms with van der Waals surface area (Å²) in [7, 11) is 0. The van der Waals surface area contributed by atoms with Crippen molar-refractivity contribution in [1.82, 2.24) is 0 Å². The van der Waals surface area contributed by atoms with Crippen molar-refractivity contribution in [2.45, 2.75) is 117 Å². The van der Waals surface area contributed by atoms with Crippen molar-refractivity contribution in [2.24, 2.45) is 40.4 Å². The first-order valence-electron chi connectivity index (χ1n) is 12.7. The molecule has 0 amide bonds. The Bertz CT molecular complexity index is 666. The molecule has 0 heterocycles. The topological polar surface area (TPSA) is 40.5 Å². The predicted octanol–water partition coefficient (Wildman–Crippen LogP) is 6.45. The fourth-order valence-corrected chi connectivity index (χ4v) is 8.72. The zero-order valence-electron chi connectivity index (χ0n) is 20.0. The molecule has 2 N–H and O–H groups in total. The summed E-state index contributed by atoms with van der Waals surface area (Å²) in [5.74, 6) is 3.39. The fraction of sp³-hybridized carbons (Fsp3) is 0.926. The number of halogens is 1. The maximum atomic E-state index is 13.9. The molecule has 0 spiro atoms. The highest BCUT2D eigenvalue weighted by atomic mass is 19.1. The van der Waals surface area contributed by atoms with Crippen LogP contribution in [0.2, 0.25) is 0 Å². The van der Waals surface area contributed by atoms with E-state index < -0.39 is 11.8 Å². The van der Waals surface area contributed by atoms with Gasteiger partial charge in [0.2, 0.25) is 0 Å². The van der Waals surface area contributed by atoms with Gasteiger partial charge in [-0.05, 0) is 93.8 Å². The van der Waals surface area contributed by atoms with Crippen molar-refractivity contribution in [3.05, 3.63) is 11.6 Å². The first kappa shape index (κ1) is 22.8. The third-order valence-corrected chi connectivity index (χ3v) is 10.4. The smallest absolute Gasteiger partial charge is 0.105 e.